The molecule has 0 aliphatic heterocycles. The van der Waals surface area contributed by atoms with Crippen molar-refractivity contribution < 1.29 is 14.0 Å². The van der Waals surface area contributed by atoms with Gasteiger partial charge in [-0.05, 0) is 40.5 Å². The van der Waals surface area contributed by atoms with Crippen molar-refractivity contribution in [1.29, 1.82) is 0 Å². The van der Waals surface area contributed by atoms with E-state index in [4.69, 9.17) is 9.47 Å². The highest BCUT2D eigenvalue weighted by Crippen LogP contribution is 2.36. The van der Waals surface area contributed by atoms with Crippen molar-refractivity contribution >= 4 is 15.9 Å². The summed E-state index contributed by atoms with van der Waals surface area (Å²) < 4.78 is 16.5. The van der Waals surface area contributed by atoms with Gasteiger partial charge in [0.25, 0.3) is 0 Å². The molecule has 1 N–H and O–H groups in total. The van der Waals surface area contributed by atoms with Crippen molar-refractivity contribution in [2.75, 3.05) is 20.3 Å². The third-order valence-electron chi connectivity index (χ3n) is 2.84. The molecule has 0 bridgehead atoms. The molecule has 0 aliphatic rings. The van der Waals surface area contributed by atoms with Gasteiger partial charge in [-0.2, -0.15) is 4.98 Å². The predicted molar refractivity (Wildman–Crippen MR) is 81.6 cm³/mol. The summed E-state index contributed by atoms with van der Waals surface area (Å²) >= 11 is 3.52. The Labute approximate surface area is 132 Å². The van der Waals surface area contributed by atoms with E-state index in [1.165, 1.54) is 6.39 Å². The van der Waals surface area contributed by atoms with Crippen molar-refractivity contribution in [3.8, 4) is 11.5 Å². The topological polar surface area (TPSA) is 69.4 Å². The Morgan fingerprint density at radius 2 is 2.24 bits per heavy atom. The van der Waals surface area contributed by atoms with Crippen LogP contribution in [-0.4, -0.2) is 30.4 Å². The SMILES string of the molecule is CCOc1c(Br)cc(CNCCc2ncon2)cc1OC. The molecular formula is C14H18BrN3O3. The fourth-order valence-corrected chi connectivity index (χ4v) is 2.50. The van der Waals surface area contributed by atoms with Crippen LogP contribution in [0, 0.1) is 0 Å². The molecule has 0 radical (unpaired) electrons. The maximum absolute atomic E-state index is 5.57. The van der Waals surface area contributed by atoms with E-state index in [1.807, 2.05) is 19.1 Å². The lowest BCUT2D eigenvalue weighted by Gasteiger charge is -2.13. The molecule has 21 heavy (non-hydrogen) atoms. The quantitative estimate of drug-likeness (QED) is 0.734. The molecule has 114 valence electrons. The minimum absolute atomic E-state index is 0.595. The molecule has 7 heteroatoms. The van der Waals surface area contributed by atoms with Crippen LogP contribution < -0.4 is 14.8 Å². The van der Waals surface area contributed by atoms with Crippen LogP contribution in [0.4, 0.5) is 0 Å². The first-order chi connectivity index (χ1) is 10.2. The van der Waals surface area contributed by atoms with Gasteiger partial charge in [0.1, 0.15) is 0 Å². The molecule has 1 aromatic heterocycles. The summed E-state index contributed by atoms with van der Waals surface area (Å²) in [5, 5.41) is 7.10. The van der Waals surface area contributed by atoms with Gasteiger partial charge in [-0.15, -0.1) is 0 Å². The van der Waals surface area contributed by atoms with E-state index in [1.54, 1.807) is 7.11 Å². The van der Waals surface area contributed by atoms with Gasteiger partial charge in [0.05, 0.1) is 18.2 Å². The molecule has 1 heterocycles. The van der Waals surface area contributed by atoms with Gasteiger partial charge in [0, 0.05) is 19.5 Å². The number of ether oxygens (including phenoxy) is 2. The van der Waals surface area contributed by atoms with Gasteiger partial charge in [0.2, 0.25) is 6.39 Å². The smallest absolute Gasteiger partial charge is 0.213 e. The lowest BCUT2D eigenvalue weighted by Crippen LogP contribution is -2.17. The number of methoxy groups -OCH3 is 1. The lowest BCUT2D eigenvalue weighted by atomic mass is 10.2. The average Bonchev–Trinajstić information content (AvgIpc) is 2.99. The largest absolute Gasteiger partial charge is 0.493 e. The normalized spacial score (nSPS) is 10.6. The second kappa shape index (κ2) is 7.99. The Balaban J connectivity index is 1.92. The van der Waals surface area contributed by atoms with Gasteiger partial charge in [0.15, 0.2) is 17.3 Å². The monoisotopic (exact) mass is 355 g/mol. The Hall–Kier alpha value is -1.60. The first-order valence-corrected chi connectivity index (χ1v) is 7.49. The van der Waals surface area contributed by atoms with Crippen molar-refractivity contribution in [2.24, 2.45) is 0 Å². The molecule has 2 aromatic rings. The Morgan fingerprint density at radius 3 is 2.90 bits per heavy atom. The average molecular weight is 356 g/mol. The predicted octanol–water partition coefficient (Wildman–Crippen LogP) is 2.57. The number of nitrogens with zero attached hydrogens (tertiary/aromatic N) is 2. The molecule has 1 aromatic carbocycles. The van der Waals surface area contributed by atoms with E-state index in [2.05, 4.69) is 35.9 Å². The molecule has 6 nitrogen and oxygen atoms in total. The number of rotatable bonds is 8. The van der Waals surface area contributed by atoms with Crippen LogP contribution in [0.3, 0.4) is 0 Å². The fraction of sp³-hybridized carbons (Fsp3) is 0.429. The van der Waals surface area contributed by atoms with Crippen LogP contribution in [0.25, 0.3) is 0 Å². The molecule has 0 fully saturated rings. The molecule has 0 aliphatic carbocycles. The zero-order valence-electron chi connectivity index (χ0n) is 12.1. The highest BCUT2D eigenvalue weighted by Gasteiger charge is 2.11. The maximum atomic E-state index is 5.57. The minimum atomic E-state index is 0.595. The number of hydrogen-bond acceptors (Lipinski definition) is 6. The fourth-order valence-electron chi connectivity index (χ4n) is 1.90. The minimum Gasteiger partial charge on any atom is -0.493 e. The first kappa shape index (κ1) is 15.8. The van der Waals surface area contributed by atoms with Crippen molar-refractivity contribution in [3.05, 3.63) is 34.4 Å². The van der Waals surface area contributed by atoms with E-state index < -0.39 is 0 Å². The van der Waals surface area contributed by atoms with E-state index >= 15 is 0 Å². The second-order valence-electron chi connectivity index (χ2n) is 4.32. The van der Waals surface area contributed by atoms with E-state index in [0.29, 0.717) is 12.4 Å². The number of halogens is 1. The molecule has 0 spiro atoms. The second-order valence-corrected chi connectivity index (χ2v) is 5.17. The Morgan fingerprint density at radius 1 is 1.38 bits per heavy atom. The van der Waals surface area contributed by atoms with Crippen LogP contribution in [0.1, 0.15) is 18.3 Å². The van der Waals surface area contributed by atoms with E-state index in [-0.39, 0.29) is 0 Å². The molecule has 0 unspecified atom stereocenters. The van der Waals surface area contributed by atoms with Crippen molar-refractivity contribution in [1.82, 2.24) is 15.5 Å². The van der Waals surface area contributed by atoms with Gasteiger partial charge in [-0.25, -0.2) is 0 Å². The van der Waals surface area contributed by atoms with Crippen LogP contribution in [0.5, 0.6) is 11.5 Å². The molecule has 2 rings (SSSR count). The zero-order chi connectivity index (χ0) is 15.1. The summed E-state index contributed by atoms with van der Waals surface area (Å²) in [7, 11) is 1.64. The Bertz CT molecular complexity index is 561. The number of benzene rings is 1. The highest BCUT2D eigenvalue weighted by atomic mass is 79.9. The van der Waals surface area contributed by atoms with Crippen molar-refractivity contribution in [2.45, 2.75) is 19.9 Å². The maximum Gasteiger partial charge on any atom is 0.213 e. The van der Waals surface area contributed by atoms with Crippen molar-refractivity contribution in [3.63, 3.8) is 0 Å². The third-order valence-corrected chi connectivity index (χ3v) is 3.43. The van der Waals surface area contributed by atoms with Crippen LogP contribution >= 0.6 is 15.9 Å². The standard InChI is InChI=1S/C14H18BrN3O3/c1-3-20-14-11(15)6-10(7-12(14)19-2)8-16-5-4-13-17-9-21-18-13/h6-7,9,16H,3-5,8H2,1-2H3. The molecular weight excluding hydrogens is 338 g/mol. The number of nitrogens with one attached hydrogen (secondary N) is 1. The molecule has 0 amide bonds. The lowest BCUT2D eigenvalue weighted by molar-refractivity contribution is 0.308. The van der Waals surface area contributed by atoms with Gasteiger partial charge in [-0.1, -0.05) is 5.16 Å². The third kappa shape index (κ3) is 4.44. The molecule has 0 atom stereocenters. The van der Waals surface area contributed by atoms with Crippen LogP contribution in [-0.2, 0) is 13.0 Å². The number of aromatic nitrogens is 2. The highest BCUT2D eigenvalue weighted by molar-refractivity contribution is 9.10. The first-order valence-electron chi connectivity index (χ1n) is 6.69. The van der Waals surface area contributed by atoms with Gasteiger partial charge >= 0.3 is 0 Å². The van der Waals surface area contributed by atoms with Crippen LogP contribution in [0.2, 0.25) is 0 Å². The summed E-state index contributed by atoms with van der Waals surface area (Å²) in [6, 6.07) is 3.99. The number of hydrogen-bond donors (Lipinski definition) is 1. The summed E-state index contributed by atoms with van der Waals surface area (Å²) in [5.74, 6) is 2.16. The Kier molecular flexibility index (Phi) is 6.01. The summed E-state index contributed by atoms with van der Waals surface area (Å²) in [4.78, 5) is 3.97. The van der Waals surface area contributed by atoms with E-state index in [9.17, 15) is 0 Å². The van der Waals surface area contributed by atoms with E-state index in [0.717, 1.165) is 41.0 Å². The van der Waals surface area contributed by atoms with Gasteiger partial charge < -0.3 is 19.3 Å². The molecule has 0 saturated carbocycles. The summed E-state index contributed by atoms with van der Waals surface area (Å²) in [6.45, 7) is 4.03. The summed E-state index contributed by atoms with van der Waals surface area (Å²) in [5.41, 5.74) is 1.11. The zero-order valence-corrected chi connectivity index (χ0v) is 13.6. The summed E-state index contributed by atoms with van der Waals surface area (Å²) in [6.07, 6.45) is 2.07. The molecule has 0 saturated heterocycles. The van der Waals surface area contributed by atoms with Crippen LogP contribution in [0.15, 0.2) is 27.5 Å². The van der Waals surface area contributed by atoms with Gasteiger partial charge in [-0.3, -0.25) is 0 Å².